The number of ether oxygens (including phenoxy) is 1. The van der Waals surface area contributed by atoms with E-state index < -0.39 is 0 Å². The van der Waals surface area contributed by atoms with E-state index in [1.165, 1.54) is 10.9 Å². The third kappa shape index (κ3) is 2.93. The molecule has 0 bridgehead atoms. The van der Waals surface area contributed by atoms with Gasteiger partial charge in [-0.15, -0.1) is 0 Å². The van der Waals surface area contributed by atoms with Crippen molar-refractivity contribution in [1.82, 2.24) is 24.6 Å². The second-order valence-electron chi connectivity index (χ2n) is 7.15. The number of fused-ring (bicyclic) bond motifs is 1. The Morgan fingerprint density at radius 2 is 2.08 bits per heavy atom. The van der Waals surface area contributed by atoms with E-state index in [4.69, 9.17) is 14.8 Å². The van der Waals surface area contributed by atoms with Gasteiger partial charge in [0, 0.05) is 37.8 Å². The maximum absolute atomic E-state index is 5.67. The monoisotopic (exact) mass is 353 g/mol. The number of H-pyrrole nitrogens is 1. The number of hydrogen-bond acceptors (Lipinski definition) is 4. The van der Waals surface area contributed by atoms with Gasteiger partial charge in [-0.25, -0.2) is 4.98 Å². The van der Waals surface area contributed by atoms with Gasteiger partial charge in [0.2, 0.25) is 0 Å². The van der Waals surface area contributed by atoms with Gasteiger partial charge in [0.1, 0.15) is 5.82 Å². The number of aryl methyl sites for hydroxylation is 3. The second-order valence-corrected chi connectivity index (χ2v) is 7.15. The first-order valence-corrected chi connectivity index (χ1v) is 9.35. The molecular weight excluding hydrogens is 326 g/mol. The van der Waals surface area contributed by atoms with Crippen molar-refractivity contribution in [3.05, 3.63) is 47.2 Å². The van der Waals surface area contributed by atoms with Crippen LogP contribution < -0.4 is 0 Å². The van der Waals surface area contributed by atoms with E-state index in [9.17, 15) is 0 Å². The number of aromatic amines is 1. The molecule has 1 aliphatic rings. The highest BCUT2D eigenvalue weighted by molar-refractivity contribution is 5.81. The Hall–Kier alpha value is -2.18. The molecule has 4 rings (SSSR count). The number of nitrogens with zero attached hydrogens (tertiary/aromatic N) is 4. The number of benzene rings is 1. The molecule has 138 valence electrons. The Balaban J connectivity index is 1.67. The number of aromatic nitrogens is 4. The molecule has 26 heavy (non-hydrogen) atoms. The molecule has 3 heterocycles. The van der Waals surface area contributed by atoms with E-state index in [-0.39, 0.29) is 12.1 Å². The number of methoxy groups -OCH3 is 1. The Bertz CT molecular complexity index is 893. The number of imidazole rings is 1. The smallest absolute Gasteiger partial charge is 0.124 e. The molecule has 1 aliphatic heterocycles. The predicted octanol–water partition coefficient (Wildman–Crippen LogP) is 3.36. The molecular formula is C20H27N5O. The molecule has 2 atom stereocenters. The minimum Gasteiger partial charge on any atom is -0.380 e. The predicted molar refractivity (Wildman–Crippen MR) is 102 cm³/mol. The van der Waals surface area contributed by atoms with Crippen molar-refractivity contribution in [2.75, 3.05) is 13.7 Å². The van der Waals surface area contributed by atoms with Gasteiger partial charge in [0.05, 0.1) is 29.1 Å². The van der Waals surface area contributed by atoms with Gasteiger partial charge < -0.3 is 9.72 Å². The third-order valence-corrected chi connectivity index (χ3v) is 5.55. The molecule has 6 heteroatoms. The molecule has 0 spiro atoms. The minimum absolute atomic E-state index is 0.227. The summed E-state index contributed by atoms with van der Waals surface area (Å²) in [5.74, 6) is 1.04. The van der Waals surface area contributed by atoms with Crippen LogP contribution in [0, 0.1) is 13.8 Å². The second kappa shape index (κ2) is 6.85. The fourth-order valence-corrected chi connectivity index (χ4v) is 3.97. The summed E-state index contributed by atoms with van der Waals surface area (Å²) >= 11 is 0. The summed E-state index contributed by atoms with van der Waals surface area (Å²) in [4.78, 5) is 10.7. The number of para-hydroxylation sites is 1. The summed E-state index contributed by atoms with van der Waals surface area (Å²) in [6.45, 7) is 8.84. The van der Waals surface area contributed by atoms with Gasteiger partial charge in [-0.05, 0) is 33.3 Å². The van der Waals surface area contributed by atoms with Gasteiger partial charge in [0.25, 0.3) is 0 Å². The van der Waals surface area contributed by atoms with E-state index >= 15 is 0 Å². The molecule has 0 aliphatic carbocycles. The molecule has 0 saturated carbocycles. The first-order chi connectivity index (χ1) is 12.6. The van der Waals surface area contributed by atoms with Crippen molar-refractivity contribution in [3.63, 3.8) is 0 Å². The lowest BCUT2D eigenvalue weighted by Gasteiger charge is -2.21. The van der Waals surface area contributed by atoms with Crippen molar-refractivity contribution in [2.24, 2.45) is 0 Å². The lowest BCUT2D eigenvalue weighted by atomic mass is 10.1. The van der Waals surface area contributed by atoms with Crippen LogP contribution in [-0.2, 0) is 17.8 Å². The van der Waals surface area contributed by atoms with Gasteiger partial charge in [0.15, 0.2) is 0 Å². The summed E-state index contributed by atoms with van der Waals surface area (Å²) in [6.07, 6.45) is 1.18. The van der Waals surface area contributed by atoms with Gasteiger partial charge in [-0.3, -0.25) is 9.58 Å². The van der Waals surface area contributed by atoms with E-state index in [0.29, 0.717) is 0 Å². The van der Waals surface area contributed by atoms with Crippen LogP contribution in [0.15, 0.2) is 24.3 Å². The van der Waals surface area contributed by atoms with Crippen LogP contribution in [0.4, 0.5) is 0 Å². The standard InChI is InChI=1S/C20H27N5O/c1-5-25-18-9-7-6-8-16(18)17(23-25)12-24-11-15(26-4)10-19(24)20-21-13(2)14(3)22-20/h6-9,15,19H,5,10-12H2,1-4H3,(H,21,22)/t15-,19+/m1/s1. The third-order valence-electron chi connectivity index (χ3n) is 5.55. The maximum atomic E-state index is 5.67. The van der Waals surface area contributed by atoms with Crippen molar-refractivity contribution in [3.8, 4) is 0 Å². The van der Waals surface area contributed by atoms with E-state index in [1.807, 2.05) is 0 Å². The number of hydrogen-bond donors (Lipinski definition) is 1. The molecule has 1 saturated heterocycles. The Morgan fingerprint density at radius 1 is 1.27 bits per heavy atom. The normalized spacial score (nSPS) is 21.1. The average molecular weight is 353 g/mol. The zero-order chi connectivity index (χ0) is 18.3. The summed E-state index contributed by atoms with van der Waals surface area (Å²) in [5.41, 5.74) is 4.54. The Morgan fingerprint density at radius 3 is 2.77 bits per heavy atom. The van der Waals surface area contributed by atoms with Crippen LogP contribution in [0.2, 0.25) is 0 Å². The first kappa shape index (κ1) is 17.2. The van der Waals surface area contributed by atoms with Gasteiger partial charge in [-0.2, -0.15) is 5.10 Å². The van der Waals surface area contributed by atoms with Crippen LogP contribution in [0.25, 0.3) is 10.9 Å². The van der Waals surface area contributed by atoms with Gasteiger partial charge >= 0.3 is 0 Å². The lowest BCUT2D eigenvalue weighted by molar-refractivity contribution is 0.107. The molecule has 6 nitrogen and oxygen atoms in total. The van der Waals surface area contributed by atoms with Crippen LogP contribution in [0.5, 0.6) is 0 Å². The minimum atomic E-state index is 0.227. The van der Waals surface area contributed by atoms with Crippen LogP contribution in [0.1, 0.15) is 42.3 Å². The van der Waals surface area contributed by atoms with Gasteiger partial charge in [-0.1, -0.05) is 18.2 Å². The maximum Gasteiger partial charge on any atom is 0.124 e. The summed E-state index contributed by atoms with van der Waals surface area (Å²) in [7, 11) is 1.80. The molecule has 1 aromatic carbocycles. The average Bonchev–Trinajstić information content (AvgIpc) is 3.32. The van der Waals surface area contributed by atoms with Crippen LogP contribution >= 0.6 is 0 Å². The molecule has 0 unspecified atom stereocenters. The summed E-state index contributed by atoms with van der Waals surface area (Å²) < 4.78 is 7.76. The van der Waals surface area contributed by atoms with Crippen molar-refractivity contribution in [1.29, 1.82) is 0 Å². The Kier molecular flexibility index (Phi) is 4.54. The van der Waals surface area contributed by atoms with Crippen LogP contribution in [0.3, 0.4) is 0 Å². The highest BCUT2D eigenvalue weighted by Gasteiger charge is 2.35. The molecule has 2 aromatic heterocycles. The summed E-state index contributed by atoms with van der Waals surface area (Å²) in [6, 6.07) is 8.72. The van der Waals surface area contributed by atoms with E-state index in [0.717, 1.165) is 49.0 Å². The molecule has 1 fully saturated rings. The van der Waals surface area contributed by atoms with E-state index in [2.05, 4.69) is 59.6 Å². The molecule has 0 amide bonds. The zero-order valence-electron chi connectivity index (χ0n) is 16.0. The van der Waals surface area contributed by atoms with Crippen molar-refractivity contribution in [2.45, 2.75) is 52.4 Å². The topological polar surface area (TPSA) is 59.0 Å². The number of likely N-dealkylation sites (tertiary alicyclic amines) is 1. The number of rotatable bonds is 5. The van der Waals surface area contributed by atoms with E-state index in [1.54, 1.807) is 7.11 Å². The molecule has 1 N–H and O–H groups in total. The molecule has 0 radical (unpaired) electrons. The Labute approximate surface area is 154 Å². The summed E-state index contributed by atoms with van der Waals surface area (Å²) in [5, 5.41) is 6.11. The largest absolute Gasteiger partial charge is 0.380 e. The fourth-order valence-electron chi connectivity index (χ4n) is 3.97. The SMILES string of the molecule is CCn1nc(CN2C[C@H](OC)C[C@H]2c2nc(C)c(C)[nH]2)c2ccccc21. The van der Waals surface area contributed by atoms with Crippen molar-refractivity contribution >= 4 is 10.9 Å². The molecule has 3 aromatic rings. The number of nitrogens with one attached hydrogen (secondary N) is 1. The highest BCUT2D eigenvalue weighted by atomic mass is 16.5. The zero-order valence-corrected chi connectivity index (χ0v) is 16.0. The fraction of sp³-hybridized carbons (Fsp3) is 0.500. The quantitative estimate of drug-likeness (QED) is 0.764. The first-order valence-electron chi connectivity index (χ1n) is 9.35. The lowest BCUT2D eigenvalue weighted by Crippen LogP contribution is -2.25. The van der Waals surface area contributed by atoms with Crippen molar-refractivity contribution < 1.29 is 4.74 Å². The van der Waals surface area contributed by atoms with Crippen LogP contribution in [-0.4, -0.2) is 44.4 Å². The highest BCUT2D eigenvalue weighted by Crippen LogP contribution is 2.34.